The molecular formula is C18H26F2N2O. The summed E-state index contributed by atoms with van der Waals surface area (Å²) in [5.74, 6) is -2.50. The van der Waals surface area contributed by atoms with Crippen LogP contribution < -0.4 is 9.64 Å². The number of alkyl halides is 2. The molecule has 1 atom stereocenters. The molecule has 0 fully saturated rings. The third-order valence-electron chi connectivity index (χ3n) is 4.14. The van der Waals surface area contributed by atoms with Crippen LogP contribution in [-0.2, 0) is 0 Å². The Morgan fingerprint density at radius 3 is 2.65 bits per heavy atom. The van der Waals surface area contributed by atoms with E-state index in [4.69, 9.17) is 4.74 Å². The summed E-state index contributed by atoms with van der Waals surface area (Å²) in [6.45, 7) is 5.69. The van der Waals surface area contributed by atoms with Gasteiger partial charge >= 0.3 is 5.92 Å². The highest BCUT2D eigenvalue weighted by Gasteiger charge is 2.62. The first-order chi connectivity index (χ1) is 10.9. The van der Waals surface area contributed by atoms with E-state index in [1.54, 1.807) is 31.1 Å². The highest BCUT2D eigenvalue weighted by molar-refractivity contribution is 5.65. The molecule has 0 saturated carbocycles. The SMILES string of the molecule is C=CCN1c2ccccc2OC1(CCCC)C(F)(F)CN(C)C. The van der Waals surface area contributed by atoms with Gasteiger partial charge in [-0.05, 0) is 32.6 Å². The van der Waals surface area contributed by atoms with E-state index < -0.39 is 11.6 Å². The minimum Gasteiger partial charge on any atom is -0.459 e. The van der Waals surface area contributed by atoms with Gasteiger partial charge < -0.3 is 14.5 Å². The maximum Gasteiger partial charge on any atom is 0.318 e. The Morgan fingerprint density at radius 1 is 1.35 bits per heavy atom. The number of fused-ring (bicyclic) bond motifs is 1. The number of benzene rings is 1. The normalized spacial score (nSPS) is 20.5. The van der Waals surface area contributed by atoms with Gasteiger partial charge in [0, 0.05) is 13.0 Å². The summed E-state index contributed by atoms with van der Waals surface area (Å²) in [6.07, 6.45) is 3.43. The van der Waals surface area contributed by atoms with Crippen LogP contribution in [0.25, 0.3) is 0 Å². The van der Waals surface area contributed by atoms with E-state index in [0.29, 0.717) is 24.4 Å². The zero-order valence-corrected chi connectivity index (χ0v) is 14.2. The fourth-order valence-electron chi connectivity index (χ4n) is 3.15. The van der Waals surface area contributed by atoms with Crippen LogP contribution in [0.15, 0.2) is 36.9 Å². The Kier molecular flexibility index (Phi) is 5.30. The van der Waals surface area contributed by atoms with Crippen LogP contribution in [0.3, 0.4) is 0 Å². The van der Waals surface area contributed by atoms with Gasteiger partial charge in [-0.25, -0.2) is 0 Å². The van der Waals surface area contributed by atoms with Gasteiger partial charge in [0.25, 0.3) is 0 Å². The maximum absolute atomic E-state index is 15.3. The molecule has 1 aliphatic heterocycles. The van der Waals surface area contributed by atoms with E-state index in [1.165, 1.54) is 4.90 Å². The average Bonchev–Trinajstić information content (AvgIpc) is 2.80. The molecule has 1 aromatic rings. The smallest absolute Gasteiger partial charge is 0.318 e. The molecule has 0 spiro atoms. The molecule has 1 unspecified atom stereocenters. The van der Waals surface area contributed by atoms with Crippen molar-refractivity contribution in [2.75, 3.05) is 32.1 Å². The minimum absolute atomic E-state index is 0.271. The molecule has 0 N–H and O–H groups in total. The van der Waals surface area contributed by atoms with Crippen molar-refractivity contribution in [2.24, 2.45) is 0 Å². The van der Waals surface area contributed by atoms with E-state index in [9.17, 15) is 0 Å². The Balaban J connectivity index is 2.50. The summed E-state index contributed by atoms with van der Waals surface area (Å²) in [5, 5.41) is 0. The highest BCUT2D eigenvalue weighted by atomic mass is 19.3. The van der Waals surface area contributed by atoms with Crippen molar-refractivity contribution in [1.29, 1.82) is 0 Å². The van der Waals surface area contributed by atoms with Gasteiger partial charge in [0.15, 0.2) is 0 Å². The van der Waals surface area contributed by atoms with Crippen molar-refractivity contribution in [1.82, 2.24) is 4.90 Å². The van der Waals surface area contributed by atoms with Crippen molar-refractivity contribution >= 4 is 5.69 Å². The van der Waals surface area contributed by atoms with Gasteiger partial charge in [0.1, 0.15) is 5.75 Å². The van der Waals surface area contributed by atoms with Gasteiger partial charge in [-0.1, -0.05) is 31.6 Å². The number of anilines is 1. The lowest BCUT2D eigenvalue weighted by molar-refractivity contribution is -0.169. The molecule has 1 heterocycles. The second kappa shape index (κ2) is 6.87. The number of hydrogen-bond donors (Lipinski definition) is 0. The third-order valence-corrected chi connectivity index (χ3v) is 4.14. The fourth-order valence-corrected chi connectivity index (χ4v) is 3.15. The highest BCUT2D eigenvalue weighted by Crippen LogP contribution is 2.50. The van der Waals surface area contributed by atoms with Crippen molar-refractivity contribution in [3.05, 3.63) is 36.9 Å². The second-order valence-electron chi connectivity index (χ2n) is 6.30. The van der Waals surface area contributed by atoms with Gasteiger partial charge in [0.2, 0.25) is 5.72 Å². The van der Waals surface area contributed by atoms with Crippen molar-refractivity contribution < 1.29 is 13.5 Å². The lowest BCUT2D eigenvalue weighted by Gasteiger charge is -2.44. The molecule has 128 valence electrons. The number of rotatable bonds is 8. The summed E-state index contributed by atoms with van der Waals surface area (Å²) >= 11 is 0. The summed E-state index contributed by atoms with van der Waals surface area (Å²) in [7, 11) is 3.31. The topological polar surface area (TPSA) is 15.7 Å². The van der Waals surface area contributed by atoms with E-state index >= 15 is 8.78 Å². The molecule has 1 aromatic carbocycles. The largest absolute Gasteiger partial charge is 0.459 e. The second-order valence-corrected chi connectivity index (χ2v) is 6.30. The Labute approximate surface area is 137 Å². The summed E-state index contributed by atoms with van der Waals surface area (Å²) in [4.78, 5) is 3.18. The quantitative estimate of drug-likeness (QED) is 0.668. The molecule has 0 aromatic heterocycles. The predicted octanol–water partition coefficient (Wildman–Crippen LogP) is 4.15. The third kappa shape index (κ3) is 3.20. The maximum atomic E-state index is 15.3. The molecule has 0 aliphatic carbocycles. The molecular weight excluding hydrogens is 298 g/mol. The van der Waals surface area contributed by atoms with Crippen LogP contribution >= 0.6 is 0 Å². The van der Waals surface area contributed by atoms with E-state index in [1.807, 2.05) is 25.1 Å². The van der Waals surface area contributed by atoms with Gasteiger partial charge in [-0.2, -0.15) is 8.78 Å². The van der Waals surface area contributed by atoms with Crippen molar-refractivity contribution in [3.63, 3.8) is 0 Å². The number of ether oxygens (including phenoxy) is 1. The molecule has 23 heavy (non-hydrogen) atoms. The summed E-state index contributed by atoms with van der Waals surface area (Å²) < 4.78 is 36.4. The van der Waals surface area contributed by atoms with Crippen molar-refractivity contribution in [3.8, 4) is 5.75 Å². The molecule has 5 heteroatoms. The molecule has 3 nitrogen and oxygen atoms in total. The first-order valence-electron chi connectivity index (χ1n) is 8.07. The standard InChI is InChI=1S/C18H26F2N2O/c1-5-7-12-18(17(19,20)14-21(3)4)22(13-6-2)15-10-8-9-11-16(15)23-18/h6,8-11H,2,5,7,12-14H2,1,3-4H3. The number of unbranched alkanes of at least 4 members (excludes halogenated alkanes) is 1. The van der Waals surface area contributed by atoms with Crippen LogP contribution in [0.2, 0.25) is 0 Å². The van der Waals surface area contributed by atoms with Crippen LogP contribution in [0.1, 0.15) is 26.2 Å². The molecule has 1 aliphatic rings. The lowest BCUT2D eigenvalue weighted by Crippen LogP contribution is -2.65. The number of halogens is 2. The molecule has 0 bridgehead atoms. The van der Waals surface area contributed by atoms with Gasteiger partial charge in [0.05, 0.1) is 12.2 Å². The first kappa shape index (κ1) is 17.7. The minimum atomic E-state index is -3.02. The van der Waals surface area contributed by atoms with Crippen LogP contribution in [0.4, 0.5) is 14.5 Å². The molecule has 0 amide bonds. The summed E-state index contributed by atoms with van der Waals surface area (Å²) in [6, 6.07) is 7.24. The molecule has 2 rings (SSSR count). The van der Waals surface area contributed by atoms with Crippen molar-refractivity contribution in [2.45, 2.75) is 37.8 Å². The summed E-state index contributed by atoms with van der Waals surface area (Å²) in [5.41, 5.74) is -0.951. The van der Waals surface area contributed by atoms with Gasteiger partial charge in [-0.3, -0.25) is 0 Å². The Hall–Kier alpha value is -1.62. The Bertz CT molecular complexity index is 548. The van der Waals surface area contributed by atoms with E-state index in [0.717, 1.165) is 6.42 Å². The van der Waals surface area contributed by atoms with Crippen LogP contribution in [-0.4, -0.2) is 43.7 Å². The lowest BCUT2D eigenvalue weighted by atomic mass is 9.95. The zero-order chi connectivity index (χ0) is 17.1. The predicted molar refractivity (Wildman–Crippen MR) is 90.4 cm³/mol. The number of nitrogens with zero attached hydrogens (tertiary/aromatic N) is 2. The number of para-hydroxylation sites is 2. The zero-order valence-electron chi connectivity index (χ0n) is 14.2. The van der Waals surface area contributed by atoms with Crippen LogP contribution in [0, 0.1) is 0 Å². The molecule has 0 saturated heterocycles. The monoisotopic (exact) mass is 324 g/mol. The van der Waals surface area contributed by atoms with E-state index in [2.05, 4.69) is 6.58 Å². The Morgan fingerprint density at radius 2 is 2.04 bits per heavy atom. The average molecular weight is 324 g/mol. The van der Waals surface area contributed by atoms with Gasteiger partial charge in [-0.15, -0.1) is 6.58 Å². The molecule has 0 radical (unpaired) electrons. The van der Waals surface area contributed by atoms with Crippen LogP contribution in [0.5, 0.6) is 5.75 Å². The number of hydrogen-bond acceptors (Lipinski definition) is 3. The van der Waals surface area contributed by atoms with E-state index in [-0.39, 0.29) is 13.0 Å². The first-order valence-corrected chi connectivity index (χ1v) is 8.07. The fraction of sp³-hybridized carbons (Fsp3) is 0.556.